The Kier molecular flexibility index (Phi) is 5.01. The molecule has 1 saturated heterocycles. The van der Waals surface area contributed by atoms with Gasteiger partial charge >= 0.3 is 0 Å². The van der Waals surface area contributed by atoms with Crippen molar-refractivity contribution >= 4 is 11.6 Å². The number of likely N-dealkylation sites (tertiary alicyclic amines) is 1. The molecule has 1 aliphatic rings. The van der Waals surface area contributed by atoms with Gasteiger partial charge in [0.05, 0.1) is 6.42 Å². The zero-order valence-electron chi connectivity index (χ0n) is 12.6. The third-order valence-corrected chi connectivity index (χ3v) is 3.92. The molecule has 1 aromatic carbocycles. The van der Waals surface area contributed by atoms with Crippen LogP contribution < -0.4 is 10.6 Å². The minimum atomic E-state index is 0.0501. The van der Waals surface area contributed by atoms with Crippen LogP contribution in [0.1, 0.15) is 25.8 Å². The number of amides is 1. The number of hydrogen-bond acceptors (Lipinski definition) is 3. The third kappa shape index (κ3) is 3.97. The number of carbonyl (C=O) groups excluding carboxylic acids is 1. The second-order valence-electron chi connectivity index (χ2n) is 5.77. The first-order valence-corrected chi connectivity index (χ1v) is 7.38. The Morgan fingerprint density at radius 2 is 2.05 bits per heavy atom. The van der Waals surface area contributed by atoms with E-state index in [2.05, 4.69) is 41.5 Å². The fraction of sp³-hybridized carbons (Fsp3) is 0.562. The highest BCUT2D eigenvalue weighted by atomic mass is 16.1. The van der Waals surface area contributed by atoms with Gasteiger partial charge in [-0.2, -0.15) is 0 Å². The van der Waals surface area contributed by atoms with Crippen LogP contribution in [0, 0.1) is 0 Å². The molecule has 0 spiro atoms. The first-order valence-electron chi connectivity index (χ1n) is 7.38. The molecule has 0 bridgehead atoms. The van der Waals surface area contributed by atoms with Crippen LogP contribution in [0.15, 0.2) is 24.3 Å². The average molecular weight is 275 g/mol. The van der Waals surface area contributed by atoms with Crippen LogP contribution in [0.5, 0.6) is 0 Å². The molecular formula is C16H25N3O. The van der Waals surface area contributed by atoms with Crippen molar-refractivity contribution in [3.05, 3.63) is 29.8 Å². The maximum Gasteiger partial charge on any atom is 0.224 e. The Bertz CT molecular complexity index is 442. The lowest BCUT2D eigenvalue weighted by Crippen LogP contribution is -2.31. The van der Waals surface area contributed by atoms with Gasteiger partial charge in [0.2, 0.25) is 5.91 Å². The molecule has 0 aliphatic carbocycles. The van der Waals surface area contributed by atoms with Gasteiger partial charge in [-0.05, 0) is 38.0 Å². The molecule has 1 unspecified atom stereocenters. The van der Waals surface area contributed by atoms with Crippen molar-refractivity contribution in [3.63, 3.8) is 0 Å². The van der Waals surface area contributed by atoms with E-state index in [0.717, 1.165) is 17.8 Å². The van der Waals surface area contributed by atoms with Crippen LogP contribution in [0.3, 0.4) is 0 Å². The van der Waals surface area contributed by atoms with Crippen LogP contribution in [-0.2, 0) is 11.2 Å². The molecule has 20 heavy (non-hydrogen) atoms. The molecule has 4 nitrogen and oxygen atoms in total. The number of rotatable bonds is 5. The molecule has 1 atom stereocenters. The molecule has 0 radical (unpaired) electrons. The maximum atomic E-state index is 11.3. The van der Waals surface area contributed by atoms with Gasteiger partial charge in [-0.1, -0.05) is 12.1 Å². The average Bonchev–Trinajstić information content (AvgIpc) is 2.89. The zero-order valence-corrected chi connectivity index (χ0v) is 12.6. The molecule has 1 aromatic rings. The monoisotopic (exact) mass is 275 g/mol. The molecule has 1 aliphatic heterocycles. The van der Waals surface area contributed by atoms with Gasteiger partial charge < -0.3 is 10.6 Å². The van der Waals surface area contributed by atoms with Gasteiger partial charge in [-0.25, -0.2) is 0 Å². The number of hydrogen-bond donors (Lipinski definition) is 2. The molecule has 4 heteroatoms. The van der Waals surface area contributed by atoms with E-state index in [0.29, 0.717) is 18.5 Å². The lowest BCUT2D eigenvalue weighted by Gasteiger charge is -2.21. The van der Waals surface area contributed by atoms with Gasteiger partial charge in [-0.15, -0.1) is 0 Å². The predicted molar refractivity (Wildman–Crippen MR) is 82.9 cm³/mol. The number of carbonyl (C=O) groups is 1. The van der Waals surface area contributed by atoms with Crippen LogP contribution in [-0.4, -0.2) is 43.0 Å². The standard InChI is InChI=1S/C16H25N3O/c1-12(2)19-9-8-15(11-19)18-14-6-4-13(5-7-14)10-16(20)17-3/h4-7,12,15,18H,8-11H2,1-3H3,(H,17,20). The van der Waals surface area contributed by atoms with E-state index in [-0.39, 0.29) is 5.91 Å². The summed E-state index contributed by atoms with van der Waals surface area (Å²) in [4.78, 5) is 13.8. The Morgan fingerprint density at radius 3 is 2.60 bits per heavy atom. The van der Waals surface area contributed by atoms with Gasteiger partial charge in [0.25, 0.3) is 0 Å². The molecule has 2 rings (SSSR count). The summed E-state index contributed by atoms with van der Waals surface area (Å²) in [5.41, 5.74) is 2.19. The highest BCUT2D eigenvalue weighted by Gasteiger charge is 2.23. The number of nitrogens with zero attached hydrogens (tertiary/aromatic N) is 1. The summed E-state index contributed by atoms with van der Waals surface area (Å²) in [6, 6.07) is 9.32. The fourth-order valence-corrected chi connectivity index (χ4v) is 2.60. The summed E-state index contributed by atoms with van der Waals surface area (Å²) in [7, 11) is 1.67. The molecule has 1 amide bonds. The topological polar surface area (TPSA) is 44.4 Å². The number of anilines is 1. The fourth-order valence-electron chi connectivity index (χ4n) is 2.60. The molecule has 1 heterocycles. The summed E-state index contributed by atoms with van der Waals surface area (Å²) in [6.45, 7) is 6.77. The van der Waals surface area contributed by atoms with Crippen molar-refractivity contribution in [2.24, 2.45) is 0 Å². The Balaban J connectivity index is 1.87. The Labute approximate surface area is 121 Å². The molecule has 0 saturated carbocycles. The van der Waals surface area contributed by atoms with E-state index < -0.39 is 0 Å². The van der Waals surface area contributed by atoms with Crippen LogP contribution >= 0.6 is 0 Å². The van der Waals surface area contributed by atoms with E-state index in [9.17, 15) is 4.79 Å². The van der Waals surface area contributed by atoms with Crippen LogP contribution in [0.4, 0.5) is 5.69 Å². The molecule has 1 fully saturated rings. The summed E-state index contributed by atoms with van der Waals surface area (Å²) in [6.07, 6.45) is 1.64. The lowest BCUT2D eigenvalue weighted by atomic mass is 10.1. The number of nitrogens with one attached hydrogen (secondary N) is 2. The van der Waals surface area contributed by atoms with Gasteiger partial charge in [-0.3, -0.25) is 9.69 Å². The highest BCUT2D eigenvalue weighted by Crippen LogP contribution is 2.18. The Morgan fingerprint density at radius 1 is 1.35 bits per heavy atom. The Hall–Kier alpha value is -1.55. The van der Waals surface area contributed by atoms with Crippen LogP contribution in [0.25, 0.3) is 0 Å². The SMILES string of the molecule is CNC(=O)Cc1ccc(NC2CCN(C(C)C)C2)cc1. The summed E-state index contributed by atoms with van der Waals surface area (Å²) >= 11 is 0. The van der Waals surface area contributed by atoms with E-state index in [1.54, 1.807) is 7.05 Å². The molecule has 2 N–H and O–H groups in total. The minimum Gasteiger partial charge on any atom is -0.381 e. The van der Waals surface area contributed by atoms with Crippen molar-refractivity contribution in [3.8, 4) is 0 Å². The van der Waals surface area contributed by atoms with Crippen LogP contribution in [0.2, 0.25) is 0 Å². The molecule has 110 valence electrons. The number of likely N-dealkylation sites (N-methyl/N-ethyl adjacent to an activating group) is 1. The smallest absolute Gasteiger partial charge is 0.224 e. The molecule has 0 aromatic heterocycles. The lowest BCUT2D eigenvalue weighted by molar-refractivity contribution is -0.119. The largest absolute Gasteiger partial charge is 0.381 e. The van der Waals surface area contributed by atoms with Gasteiger partial charge in [0, 0.05) is 37.9 Å². The van der Waals surface area contributed by atoms with Crippen molar-refractivity contribution in [1.82, 2.24) is 10.2 Å². The number of benzene rings is 1. The minimum absolute atomic E-state index is 0.0501. The second-order valence-corrected chi connectivity index (χ2v) is 5.77. The van der Waals surface area contributed by atoms with E-state index in [1.807, 2.05) is 12.1 Å². The zero-order chi connectivity index (χ0) is 14.5. The third-order valence-electron chi connectivity index (χ3n) is 3.92. The van der Waals surface area contributed by atoms with Crippen molar-refractivity contribution in [2.45, 2.75) is 38.8 Å². The quantitative estimate of drug-likeness (QED) is 0.862. The van der Waals surface area contributed by atoms with Crippen molar-refractivity contribution in [2.75, 3.05) is 25.5 Å². The highest BCUT2D eigenvalue weighted by molar-refractivity contribution is 5.78. The van der Waals surface area contributed by atoms with Gasteiger partial charge in [0.15, 0.2) is 0 Å². The van der Waals surface area contributed by atoms with E-state index in [4.69, 9.17) is 0 Å². The maximum absolute atomic E-state index is 11.3. The van der Waals surface area contributed by atoms with Crippen molar-refractivity contribution < 1.29 is 4.79 Å². The second kappa shape index (κ2) is 6.75. The van der Waals surface area contributed by atoms with E-state index >= 15 is 0 Å². The predicted octanol–water partition coefficient (Wildman–Crippen LogP) is 1.87. The summed E-state index contributed by atoms with van der Waals surface area (Å²) < 4.78 is 0. The first kappa shape index (κ1) is 14.9. The summed E-state index contributed by atoms with van der Waals surface area (Å²) in [5.74, 6) is 0.0501. The normalized spacial score (nSPS) is 19.3. The van der Waals surface area contributed by atoms with Gasteiger partial charge in [0.1, 0.15) is 0 Å². The van der Waals surface area contributed by atoms with E-state index in [1.165, 1.54) is 13.0 Å². The summed E-state index contributed by atoms with van der Waals surface area (Å²) in [5, 5.41) is 6.22. The first-order chi connectivity index (χ1) is 9.58. The van der Waals surface area contributed by atoms with Crippen molar-refractivity contribution in [1.29, 1.82) is 0 Å². The molecular weight excluding hydrogens is 250 g/mol.